The number of para-hydroxylation sites is 2. The average molecular weight is 259 g/mol. The van der Waals surface area contributed by atoms with Gasteiger partial charge in [-0.05, 0) is 39.0 Å². The minimum atomic E-state index is -0.193. The lowest BCUT2D eigenvalue weighted by Crippen LogP contribution is -2.13. The number of aryl methyl sites for hydroxylation is 2. The predicted octanol–water partition coefficient (Wildman–Crippen LogP) is 3.55. The van der Waals surface area contributed by atoms with E-state index in [-0.39, 0.29) is 5.91 Å². The Balaban J connectivity index is 2.21. The fraction of sp³-hybridized carbons (Fsp3) is 0.267. The van der Waals surface area contributed by atoms with E-state index in [0.29, 0.717) is 29.4 Å². The van der Waals surface area contributed by atoms with Crippen LogP contribution in [0.1, 0.15) is 28.8 Å². The summed E-state index contributed by atoms with van der Waals surface area (Å²) in [5, 5.41) is 2.84. The Hall–Kier alpha value is -2.23. The van der Waals surface area contributed by atoms with Crippen LogP contribution in [0.4, 0.5) is 5.69 Å². The molecule has 0 aliphatic rings. The van der Waals surface area contributed by atoms with Gasteiger partial charge in [0, 0.05) is 0 Å². The number of nitrogens with one attached hydrogen (secondary N) is 1. The predicted molar refractivity (Wildman–Crippen MR) is 73.7 cm³/mol. The maximum Gasteiger partial charge on any atom is 0.259 e. The van der Waals surface area contributed by atoms with Crippen LogP contribution in [0.15, 0.2) is 34.7 Å². The van der Waals surface area contributed by atoms with Gasteiger partial charge in [-0.15, -0.1) is 0 Å². The highest BCUT2D eigenvalue weighted by Crippen LogP contribution is 2.25. The van der Waals surface area contributed by atoms with Gasteiger partial charge in [0.1, 0.15) is 17.3 Å². The van der Waals surface area contributed by atoms with Gasteiger partial charge in [-0.25, -0.2) is 0 Å². The summed E-state index contributed by atoms with van der Waals surface area (Å²) in [4.78, 5) is 12.2. The molecule has 0 unspecified atom stereocenters. The largest absolute Gasteiger partial charge is 0.492 e. The lowest BCUT2D eigenvalue weighted by molar-refractivity contribution is 0.102. The first-order valence-electron chi connectivity index (χ1n) is 6.22. The van der Waals surface area contributed by atoms with Crippen molar-refractivity contribution in [1.82, 2.24) is 0 Å². The van der Waals surface area contributed by atoms with Gasteiger partial charge in [0.2, 0.25) is 0 Å². The van der Waals surface area contributed by atoms with Crippen LogP contribution < -0.4 is 10.1 Å². The van der Waals surface area contributed by atoms with Crippen molar-refractivity contribution in [2.75, 3.05) is 11.9 Å². The Kier molecular flexibility index (Phi) is 3.90. The first kappa shape index (κ1) is 13.2. The van der Waals surface area contributed by atoms with Crippen LogP contribution in [-0.2, 0) is 0 Å². The molecule has 0 saturated heterocycles. The minimum absolute atomic E-state index is 0.193. The third kappa shape index (κ3) is 2.96. The van der Waals surface area contributed by atoms with Crippen LogP contribution in [-0.4, -0.2) is 12.5 Å². The van der Waals surface area contributed by atoms with E-state index in [2.05, 4.69) is 5.32 Å². The van der Waals surface area contributed by atoms with Crippen LogP contribution in [0.5, 0.6) is 5.75 Å². The monoisotopic (exact) mass is 259 g/mol. The summed E-state index contributed by atoms with van der Waals surface area (Å²) in [5.74, 6) is 1.81. The Morgan fingerprint density at radius 3 is 2.68 bits per heavy atom. The van der Waals surface area contributed by atoms with Gasteiger partial charge in [0.15, 0.2) is 0 Å². The molecule has 2 rings (SSSR count). The molecule has 1 heterocycles. The molecule has 1 N–H and O–H groups in total. The van der Waals surface area contributed by atoms with E-state index in [1.807, 2.05) is 38.1 Å². The molecule has 0 radical (unpaired) electrons. The summed E-state index contributed by atoms with van der Waals surface area (Å²) in [6.07, 6.45) is 0. The molecule has 1 amide bonds. The standard InChI is InChI=1S/C15H17NO3/c1-4-18-14-8-6-5-7-13(14)16-15(17)12-9-10(2)19-11(12)3/h5-9H,4H2,1-3H3,(H,16,17). The van der Waals surface area contributed by atoms with Crippen molar-refractivity contribution < 1.29 is 13.9 Å². The molecule has 100 valence electrons. The zero-order chi connectivity index (χ0) is 13.8. The summed E-state index contributed by atoms with van der Waals surface area (Å²) in [6, 6.07) is 9.09. The number of rotatable bonds is 4. The number of amides is 1. The number of hydrogen-bond acceptors (Lipinski definition) is 3. The Morgan fingerprint density at radius 2 is 2.05 bits per heavy atom. The van der Waals surface area contributed by atoms with E-state index >= 15 is 0 Å². The van der Waals surface area contributed by atoms with Gasteiger partial charge in [-0.3, -0.25) is 4.79 Å². The first-order chi connectivity index (χ1) is 9.11. The lowest BCUT2D eigenvalue weighted by atomic mass is 10.2. The lowest BCUT2D eigenvalue weighted by Gasteiger charge is -2.10. The highest BCUT2D eigenvalue weighted by atomic mass is 16.5. The third-order valence-electron chi connectivity index (χ3n) is 2.72. The van der Waals surface area contributed by atoms with Crippen molar-refractivity contribution in [1.29, 1.82) is 0 Å². The van der Waals surface area contributed by atoms with Gasteiger partial charge in [0.25, 0.3) is 5.91 Å². The van der Waals surface area contributed by atoms with Crippen molar-refractivity contribution in [3.8, 4) is 5.75 Å². The number of ether oxygens (including phenoxy) is 1. The second-order valence-electron chi connectivity index (χ2n) is 4.21. The molecule has 4 nitrogen and oxygen atoms in total. The fourth-order valence-electron chi connectivity index (χ4n) is 1.90. The number of benzene rings is 1. The van der Waals surface area contributed by atoms with E-state index in [1.165, 1.54) is 0 Å². The highest BCUT2D eigenvalue weighted by Gasteiger charge is 2.15. The van der Waals surface area contributed by atoms with Gasteiger partial charge < -0.3 is 14.5 Å². The fourth-order valence-corrected chi connectivity index (χ4v) is 1.90. The van der Waals surface area contributed by atoms with Gasteiger partial charge in [-0.1, -0.05) is 12.1 Å². The molecule has 0 spiro atoms. The van der Waals surface area contributed by atoms with E-state index < -0.39 is 0 Å². The Morgan fingerprint density at radius 1 is 1.32 bits per heavy atom. The van der Waals surface area contributed by atoms with Crippen molar-refractivity contribution in [2.24, 2.45) is 0 Å². The molecule has 0 saturated carbocycles. The molecule has 19 heavy (non-hydrogen) atoms. The van der Waals surface area contributed by atoms with Gasteiger partial charge in [0.05, 0.1) is 17.9 Å². The van der Waals surface area contributed by atoms with Crippen LogP contribution >= 0.6 is 0 Å². The van der Waals surface area contributed by atoms with Crippen LogP contribution in [0.3, 0.4) is 0 Å². The topological polar surface area (TPSA) is 51.5 Å². The van der Waals surface area contributed by atoms with Crippen molar-refractivity contribution >= 4 is 11.6 Å². The number of hydrogen-bond donors (Lipinski definition) is 1. The second-order valence-corrected chi connectivity index (χ2v) is 4.21. The van der Waals surface area contributed by atoms with E-state index in [4.69, 9.17) is 9.15 Å². The number of carbonyl (C=O) groups is 1. The summed E-state index contributed by atoms with van der Waals surface area (Å²) >= 11 is 0. The summed E-state index contributed by atoms with van der Waals surface area (Å²) < 4.78 is 10.8. The quantitative estimate of drug-likeness (QED) is 0.913. The maximum absolute atomic E-state index is 12.2. The molecule has 4 heteroatoms. The summed E-state index contributed by atoms with van der Waals surface area (Å²) in [7, 11) is 0. The first-order valence-corrected chi connectivity index (χ1v) is 6.22. The van der Waals surface area contributed by atoms with E-state index in [1.54, 1.807) is 13.0 Å². The van der Waals surface area contributed by atoms with Crippen LogP contribution in [0.2, 0.25) is 0 Å². The molecule has 0 aliphatic carbocycles. The smallest absolute Gasteiger partial charge is 0.259 e. The zero-order valence-corrected chi connectivity index (χ0v) is 11.3. The molecule has 0 aliphatic heterocycles. The molecule has 0 fully saturated rings. The van der Waals surface area contributed by atoms with E-state index in [9.17, 15) is 4.79 Å². The molecule has 2 aromatic rings. The van der Waals surface area contributed by atoms with Crippen molar-refractivity contribution in [2.45, 2.75) is 20.8 Å². The normalized spacial score (nSPS) is 10.3. The average Bonchev–Trinajstić information content (AvgIpc) is 2.71. The SMILES string of the molecule is CCOc1ccccc1NC(=O)c1cc(C)oc1C. The molecule has 1 aromatic carbocycles. The molecule has 0 atom stereocenters. The number of furan rings is 1. The highest BCUT2D eigenvalue weighted by molar-refractivity contribution is 6.05. The van der Waals surface area contributed by atoms with Gasteiger partial charge >= 0.3 is 0 Å². The second kappa shape index (κ2) is 5.61. The van der Waals surface area contributed by atoms with Gasteiger partial charge in [-0.2, -0.15) is 0 Å². The molecule has 1 aromatic heterocycles. The van der Waals surface area contributed by atoms with Crippen molar-refractivity contribution in [3.05, 3.63) is 47.4 Å². The third-order valence-corrected chi connectivity index (χ3v) is 2.72. The summed E-state index contributed by atoms with van der Waals surface area (Å²) in [6.45, 7) is 6.05. The zero-order valence-electron chi connectivity index (χ0n) is 11.3. The molecular formula is C15H17NO3. The number of anilines is 1. The van der Waals surface area contributed by atoms with Crippen LogP contribution in [0, 0.1) is 13.8 Å². The minimum Gasteiger partial charge on any atom is -0.492 e. The number of carbonyl (C=O) groups excluding carboxylic acids is 1. The van der Waals surface area contributed by atoms with Crippen molar-refractivity contribution in [3.63, 3.8) is 0 Å². The van der Waals surface area contributed by atoms with E-state index in [0.717, 1.165) is 5.76 Å². The maximum atomic E-state index is 12.2. The molecular weight excluding hydrogens is 242 g/mol. The Labute approximate surface area is 112 Å². The molecule has 0 bridgehead atoms. The van der Waals surface area contributed by atoms with Crippen LogP contribution in [0.25, 0.3) is 0 Å². The summed E-state index contributed by atoms with van der Waals surface area (Å²) in [5.41, 5.74) is 1.21. The Bertz CT molecular complexity index is 587.